The molecule has 1 atom stereocenters. The number of nitrogens with zero attached hydrogens (tertiary/aromatic N) is 2. The predicted molar refractivity (Wildman–Crippen MR) is 120 cm³/mol. The van der Waals surface area contributed by atoms with E-state index in [1.807, 2.05) is 41.3 Å². The summed E-state index contributed by atoms with van der Waals surface area (Å²) in [5, 5.41) is 13.1. The van der Waals surface area contributed by atoms with Gasteiger partial charge < -0.3 is 10.2 Å². The first-order valence-corrected chi connectivity index (χ1v) is 11.5. The highest BCUT2D eigenvalue weighted by atomic mass is 79.9. The second kappa shape index (κ2) is 9.07. The lowest BCUT2D eigenvalue weighted by molar-refractivity contribution is -0.129. The molecule has 2 aromatic rings. The van der Waals surface area contributed by atoms with E-state index in [-0.39, 0.29) is 29.9 Å². The quantitative estimate of drug-likeness (QED) is 0.712. The predicted octanol–water partition coefficient (Wildman–Crippen LogP) is 4.11. The number of rotatable bonds is 4. The minimum Gasteiger partial charge on any atom is -0.337 e. The molecule has 0 aliphatic carbocycles. The van der Waals surface area contributed by atoms with Crippen molar-refractivity contribution in [2.75, 3.05) is 12.3 Å². The van der Waals surface area contributed by atoms with Crippen molar-refractivity contribution in [3.05, 3.63) is 80.3 Å². The van der Waals surface area contributed by atoms with E-state index in [9.17, 15) is 14.9 Å². The fraction of sp³-hybridized carbons (Fsp3) is 0.261. The van der Waals surface area contributed by atoms with Crippen LogP contribution >= 0.6 is 27.7 Å². The van der Waals surface area contributed by atoms with E-state index < -0.39 is 0 Å². The van der Waals surface area contributed by atoms with Gasteiger partial charge in [0.2, 0.25) is 11.8 Å². The molecule has 0 spiro atoms. The van der Waals surface area contributed by atoms with Crippen LogP contribution in [0.25, 0.3) is 0 Å². The van der Waals surface area contributed by atoms with Crippen LogP contribution in [0.5, 0.6) is 0 Å². The molecule has 7 heteroatoms. The van der Waals surface area contributed by atoms with E-state index in [0.29, 0.717) is 23.7 Å². The summed E-state index contributed by atoms with van der Waals surface area (Å²) in [5.74, 6) is -0.242. The van der Waals surface area contributed by atoms with Crippen molar-refractivity contribution in [1.29, 1.82) is 5.26 Å². The van der Waals surface area contributed by atoms with Gasteiger partial charge in [-0.3, -0.25) is 9.59 Å². The van der Waals surface area contributed by atoms with Crippen LogP contribution in [0.15, 0.2) is 63.6 Å². The van der Waals surface area contributed by atoms with Gasteiger partial charge in [0.1, 0.15) is 0 Å². The minimum absolute atomic E-state index is 0.0121. The van der Waals surface area contributed by atoms with Gasteiger partial charge in [-0.1, -0.05) is 64.1 Å². The number of nitrogens with one attached hydrogen (secondary N) is 1. The average Bonchev–Trinajstić information content (AvgIpc) is 2.76. The molecule has 0 aromatic heterocycles. The van der Waals surface area contributed by atoms with Crippen LogP contribution in [0.3, 0.4) is 0 Å². The number of benzene rings is 2. The van der Waals surface area contributed by atoms with Gasteiger partial charge in [-0.05, 0) is 35.2 Å². The SMILES string of the molecule is N#CC1=C(SCC(=O)N2CCc3ccccc3C2)NC(=O)C[C@@H]1c1cccc(Br)c1. The standard InChI is InChI=1S/C23H20BrN3O2S/c24-18-7-3-6-16(10-18)19-11-21(28)26-23(20(19)12-25)30-14-22(29)27-9-8-15-4-1-2-5-17(15)13-27/h1-7,10,19H,8-9,11,13-14H2,(H,26,28)/t19-/m1/s1. The number of allylic oxidation sites excluding steroid dienone is 1. The third-order valence-electron chi connectivity index (χ3n) is 5.43. The fourth-order valence-electron chi connectivity index (χ4n) is 3.87. The summed E-state index contributed by atoms with van der Waals surface area (Å²) in [6.45, 7) is 1.29. The smallest absolute Gasteiger partial charge is 0.233 e. The number of carbonyl (C=O) groups is 2. The second-order valence-electron chi connectivity index (χ2n) is 7.34. The largest absolute Gasteiger partial charge is 0.337 e. The van der Waals surface area contributed by atoms with Gasteiger partial charge in [0.15, 0.2) is 0 Å². The fourth-order valence-corrected chi connectivity index (χ4v) is 5.27. The topological polar surface area (TPSA) is 73.2 Å². The van der Waals surface area contributed by atoms with Gasteiger partial charge in [0.05, 0.1) is 22.4 Å². The number of amides is 2. The van der Waals surface area contributed by atoms with Crippen molar-refractivity contribution < 1.29 is 9.59 Å². The average molecular weight is 482 g/mol. The highest BCUT2D eigenvalue weighted by Crippen LogP contribution is 2.36. The maximum atomic E-state index is 12.8. The first-order chi connectivity index (χ1) is 14.5. The summed E-state index contributed by atoms with van der Waals surface area (Å²) in [5.41, 5.74) is 3.89. The molecule has 0 radical (unpaired) electrons. The van der Waals surface area contributed by atoms with Crippen molar-refractivity contribution in [2.45, 2.75) is 25.3 Å². The van der Waals surface area contributed by atoms with Crippen molar-refractivity contribution in [1.82, 2.24) is 10.2 Å². The summed E-state index contributed by atoms with van der Waals surface area (Å²) in [7, 11) is 0. The zero-order valence-electron chi connectivity index (χ0n) is 16.2. The number of nitriles is 1. The molecule has 152 valence electrons. The summed E-state index contributed by atoms with van der Waals surface area (Å²) >= 11 is 4.69. The van der Waals surface area contributed by atoms with Crippen LogP contribution in [0.1, 0.15) is 29.0 Å². The molecule has 0 saturated heterocycles. The zero-order valence-corrected chi connectivity index (χ0v) is 18.6. The summed E-state index contributed by atoms with van der Waals surface area (Å²) in [4.78, 5) is 27.0. The van der Waals surface area contributed by atoms with Gasteiger partial charge in [-0.25, -0.2) is 0 Å². The van der Waals surface area contributed by atoms with Crippen molar-refractivity contribution in [2.24, 2.45) is 0 Å². The lowest BCUT2D eigenvalue weighted by Gasteiger charge is -2.29. The van der Waals surface area contributed by atoms with Crippen molar-refractivity contribution in [3.63, 3.8) is 0 Å². The molecule has 2 aliphatic heterocycles. The maximum Gasteiger partial charge on any atom is 0.233 e. The second-order valence-corrected chi connectivity index (χ2v) is 9.24. The van der Waals surface area contributed by atoms with Crippen LogP contribution in [0.2, 0.25) is 0 Å². The van der Waals surface area contributed by atoms with Gasteiger partial charge in [-0.2, -0.15) is 5.26 Å². The Kier molecular flexibility index (Phi) is 6.26. The molecule has 2 aliphatic rings. The third-order valence-corrected chi connectivity index (χ3v) is 6.93. The molecule has 0 unspecified atom stereocenters. The highest BCUT2D eigenvalue weighted by Gasteiger charge is 2.30. The van der Waals surface area contributed by atoms with E-state index in [2.05, 4.69) is 39.4 Å². The van der Waals surface area contributed by atoms with Crippen LogP contribution in [0.4, 0.5) is 0 Å². The number of hydrogen-bond donors (Lipinski definition) is 1. The van der Waals surface area contributed by atoms with E-state index in [4.69, 9.17) is 0 Å². The van der Waals surface area contributed by atoms with Crippen LogP contribution in [-0.2, 0) is 22.6 Å². The maximum absolute atomic E-state index is 12.8. The molecule has 5 nitrogen and oxygen atoms in total. The number of halogens is 1. The van der Waals surface area contributed by atoms with Gasteiger partial charge in [-0.15, -0.1) is 0 Å². The molecule has 0 fully saturated rings. The summed E-state index contributed by atoms with van der Waals surface area (Å²) < 4.78 is 0.901. The molecule has 2 amide bonds. The Hall–Kier alpha value is -2.56. The van der Waals surface area contributed by atoms with Crippen LogP contribution < -0.4 is 5.32 Å². The van der Waals surface area contributed by atoms with Crippen LogP contribution in [-0.4, -0.2) is 29.0 Å². The van der Waals surface area contributed by atoms with E-state index in [0.717, 1.165) is 16.5 Å². The summed E-state index contributed by atoms with van der Waals surface area (Å²) in [6, 6.07) is 18.1. The van der Waals surface area contributed by atoms with E-state index in [1.54, 1.807) is 0 Å². The van der Waals surface area contributed by atoms with Gasteiger partial charge >= 0.3 is 0 Å². The molecular formula is C23H20BrN3O2S. The Balaban J connectivity index is 1.49. The molecular weight excluding hydrogens is 462 g/mol. The Labute approximate surface area is 188 Å². The van der Waals surface area contributed by atoms with E-state index in [1.165, 1.54) is 22.9 Å². The van der Waals surface area contributed by atoms with E-state index >= 15 is 0 Å². The first-order valence-electron chi connectivity index (χ1n) is 9.72. The Morgan fingerprint density at radius 3 is 2.80 bits per heavy atom. The minimum atomic E-state index is -0.305. The lowest BCUT2D eigenvalue weighted by atomic mass is 9.87. The van der Waals surface area contributed by atoms with Crippen molar-refractivity contribution >= 4 is 39.5 Å². The zero-order chi connectivity index (χ0) is 21.1. The Morgan fingerprint density at radius 1 is 1.23 bits per heavy atom. The number of fused-ring (bicyclic) bond motifs is 1. The monoisotopic (exact) mass is 481 g/mol. The highest BCUT2D eigenvalue weighted by molar-refractivity contribution is 9.10. The third kappa shape index (κ3) is 4.45. The number of carbonyl (C=O) groups excluding carboxylic acids is 2. The van der Waals surface area contributed by atoms with Gasteiger partial charge in [0, 0.05) is 29.9 Å². The molecule has 1 N–H and O–H groups in total. The van der Waals surface area contributed by atoms with Crippen LogP contribution in [0, 0.1) is 11.3 Å². The first kappa shape index (κ1) is 20.7. The summed E-state index contributed by atoms with van der Waals surface area (Å²) in [6.07, 6.45) is 1.07. The Bertz CT molecular complexity index is 1080. The van der Waals surface area contributed by atoms with Crippen molar-refractivity contribution in [3.8, 4) is 6.07 Å². The lowest BCUT2D eigenvalue weighted by Crippen LogP contribution is -2.37. The van der Waals surface area contributed by atoms with Gasteiger partial charge in [0.25, 0.3) is 0 Å². The molecule has 2 aromatic carbocycles. The molecule has 30 heavy (non-hydrogen) atoms. The number of hydrogen-bond acceptors (Lipinski definition) is 4. The molecule has 0 bridgehead atoms. The molecule has 4 rings (SSSR count). The Morgan fingerprint density at radius 2 is 2.03 bits per heavy atom. The molecule has 2 heterocycles. The number of thioether (sulfide) groups is 1. The molecule has 0 saturated carbocycles. The normalized spacial score (nSPS) is 18.5.